The maximum absolute atomic E-state index is 5.31. The third kappa shape index (κ3) is 16.9. The Bertz CT molecular complexity index is 255. The fraction of sp³-hybridized carbons (Fsp3) is 0.684. The van der Waals surface area contributed by atoms with Crippen LogP contribution in [0, 0.1) is 0 Å². The van der Waals surface area contributed by atoms with Crippen molar-refractivity contribution in [1.82, 2.24) is 0 Å². The van der Waals surface area contributed by atoms with Crippen molar-refractivity contribution >= 4 is 0 Å². The molecule has 0 aliphatic heterocycles. The molecule has 0 saturated heterocycles. The second-order valence-corrected chi connectivity index (χ2v) is 3.65. The lowest BCUT2D eigenvalue weighted by atomic mass is 10.1. The second kappa shape index (κ2) is 24.0. The molecule has 2 nitrogen and oxygen atoms in total. The molecule has 0 unspecified atom stereocenters. The molecule has 0 fully saturated rings. The van der Waals surface area contributed by atoms with Crippen LogP contribution in [-0.4, -0.2) is 13.9 Å². The summed E-state index contributed by atoms with van der Waals surface area (Å²) in [4.78, 5) is 0. The van der Waals surface area contributed by atoms with Gasteiger partial charge in [-0.05, 0) is 30.5 Å². The summed E-state index contributed by atoms with van der Waals surface area (Å²) < 4.78 is 10.1. The molecule has 1 aromatic carbocycles. The molecule has 0 spiro atoms. The van der Waals surface area contributed by atoms with Crippen LogP contribution in [-0.2, 0) is 11.2 Å². The van der Waals surface area contributed by atoms with Crippen molar-refractivity contribution in [2.24, 2.45) is 0 Å². The number of hydrogen-bond donors (Lipinski definition) is 0. The van der Waals surface area contributed by atoms with Crippen LogP contribution in [0.4, 0.5) is 0 Å². The second-order valence-electron chi connectivity index (χ2n) is 3.65. The van der Waals surface area contributed by atoms with E-state index in [1.54, 1.807) is 7.11 Å². The monoisotopic (exact) mass is 298 g/mol. The van der Waals surface area contributed by atoms with Gasteiger partial charge in [-0.3, -0.25) is 0 Å². The van der Waals surface area contributed by atoms with E-state index in [1.807, 2.05) is 53.7 Å². The Morgan fingerprint density at radius 2 is 1.33 bits per heavy atom. The van der Waals surface area contributed by atoms with Crippen molar-refractivity contribution in [3.8, 4) is 5.75 Å². The Balaban J connectivity index is -0.000000478. The maximum atomic E-state index is 5.31. The van der Waals surface area contributed by atoms with Gasteiger partial charge in [0.2, 0.25) is 0 Å². The number of benzene rings is 1. The SMILES string of the molecule is CC.CC.CC.CCCCCc1ccc(OCOC)cc1. The van der Waals surface area contributed by atoms with Crippen molar-refractivity contribution in [3.05, 3.63) is 29.8 Å². The lowest BCUT2D eigenvalue weighted by Crippen LogP contribution is -1.98. The Morgan fingerprint density at radius 3 is 1.76 bits per heavy atom. The molecule has 1 rings (SSSR count). The van der Waals surface area contributed by atoms with E-state index in [9.17, 15) is 0 Å². The van der Waals surface area contributed by atoms with Crippen LogP contribution in [0.5, 0.6) is 5.75 Å². The van der Waals surface area contributed by atoms with Gasteiger partial charge in [0, 0.05) is 7.11 Å². The number of ether oxygens (including phenoxy) is 2. The fourth-order valence-corrected chi connectivity index (χ4v) is 1.46. The van der Waals surface area contributed by atoms with Gasteiger partial charge in [-0.25, -0.2) is 0 Å². The first-order valence-electron chi connectivity index (χ1n) is 8.57. The van der Waals surface area contributed by atoms with E-state index in [0.29, 0.717) is 6.79 Å². The van der Waals surface area contributed by atoms with E-state index in [1.165, 1.54) is 31.2 Å². The zero-order chi connectivity index (χ0) is 16.9. The first-order valence-corrected chi connectivity index (χ1v) is 8.57. The van der Waals surface area contributed by atoms with Crippen LogP contribution < -0.4 is 4.74 Å². The van der Waals surface area contributed by atoms with E-state index in [2.05, 4.69) is 19.1 Å². The molecule has 0 atom stereocenters. The molecule has 1 aromatic rings. The molecule has 0 bridgehead atoms. The largest absolute Gasteiger partial charge is 0.468 e. The van der Waals surface area contributed by atoms with E-state index < -0.39 is 0 Å². The average Bonchev–Trinajstić information content (AvgIpc) is 2.60. The van der Waals surface area contributed by atoms with Gasteiger partial charge in [0.05, 0.1) is 0 Å². The molecule has 0 N–H and O–H groups in total. The van der Waals surface area contributed by atoms with Gasteiger partial charge in [-0.15, -0.1) is 0 Å². The molecule has 0 saturated carbocycles. The molecular formula is C19H38O2. The molecule has 0 aliphatic carbocycles. The van der Waals surface area contributed by atoms with E-state index in [-0.39, 0.29) is 0 Å². The van der Waals surface area contributed by atoms with Gasteiger partial charge in [-0.2, -0.15) is 0 Å². The quantitative estimate of drug-likeness (QED) is 0.423. The van der Waals surface area contributed by atoms with E-state index >= 15 is 0 Å². The molecule has 0 amide bonds. The smallest absolute Gasteiger partial charge is 0.188 e. The van der Waals surface area contributed by atoms with Crippen LogP contribution >= 0.6 is 0 Å². The van der Waals surface area contributed by atoms with Gasteiger partial charge in [0.1, 0.15) is 5.75 Å². The van der Waals surface area contributed by atoms with Gasteiger partial charge in [-0.1, -0.05) is 73.4 Å². The van der Waals surface area contributed by atoms with Crippen LogP contribution in [0.25, 0.3) is 0 Å². The predicted octanol–water partition coefficient (Wildman–Crippen LogP) is 6.48. The summed E-state index contributed by atoms with van der Waals surface area (Å²) in [6.45, 7) is 14.5. The third-order valence-electron chi connectivity index (χ3n) is 2.34. The average molecular weight is 299 g/mol. The molecule has 0 aromatic heterocycles. The third-order valence-corrected chi connectivity index (χ3v) is 2.34. The fourth-order valence-electron chi connectivity index (χ4n) is 1.46. The Labute approximate surface area is 133 Å². The first kappa shape index (κ1) is 25.0. The highest BCUT2D eigenvalue weighted by Gasteiger charge is 1.95. The van der Waals surface area contributed by atoms with E-state index in [4.69, 9.17) is 9.47 Å². The molecule has 2 heteroatoms. The zero-order valence-corrected chi connectivity index (χ0v) is 15.7. The number of unbranched alkanes of at least 4 members (excludes halogenated alkanes) is 2. The predicted molar refractivity (Wildman–Crippen MR) is 96.2 cm³/mol. The molecule has 0 heterocycles. The minimum atomic E-state index is 0.315. The number of hydrogen-bond acceptors (Lipinski definition) is 2. The number of methoxy groups -OCH3 is 1. The van der Waals surface area contributed by atoms with Crippen molar-refractivity contribution in [2.45, 2.75) is 74.1 Å². The number of aryl methyl sites for hydroxylation is 1. The lowest BCUT2D eigenvalue weighted by molar-refractivity contribution is 0.0511. The van der Waals surface area contributed by atoms with Crippen molar-refractivity contribution in [1.29, 1.82) is 0 Å². The molecular weight excluding hydrogens is 260 g/mol. The Kier molecular flexibility index (Phi) is 28.6. The molecule has 21 heavy (non-hydrogen) atoms. The Morgan fingerprint density at radius 1 is 0.810 bits per heavy atom. The standard InChI is InChI=1S/C13H20O2.3C2H6/c1-3-4-5-6-12-7-9-13(10-8-12)15-11-14-2;3*1-2/h7-10H,3-6,11H2,1-2H3;3*1-2H3. The highest BCUT2D eigenvalue weighted by molar-refractivity contribution is 5.27. The lowest BCUT2D eigenvalue weighted by Gasteiger charge is -2.05. The summed E-state index contributed by atoms with van der Waals surface area (Å²) in [5, 5.41) is 0. The van der Waals surface area contributed by atoms with Crippen molar-refractivity contribution in [2.75, 3.05) is 13.9 Å². The van der Waals surface area contributed by atoms with Gasteiger partial charge < -0.3 is 9.47 Å². The number of rotatable bonds is 7. The highest BCUT2D eigenvalue weighted by Crippen LogP contribution is 2.14. The van der Waals surface area contributed by atoms with Gasteiger partial charge in [0.25, 0.3) is 0 Å². The highest BCUT2D eigenvalue weighted by atomic mass is 16.7. The summed E-state index contributed by atoms with van der Waals surface area (Å²) in [5.41, 5.74) is 1.38. The zero-order valence-electron chi connectivity index (χ0n) is 15.7. The molecule has 126 valence electrons. The normalized spacial score (nSPS) is 8.19. The summed E-state index contributed by atoms with van der Waals surface area (Å²) >= 11 is 0. The Hall–Kier alpha value is -1.02. The van der Waals surface area contributed by atoms with Gasteiger partial charge in [0.15, 0.2) is 6.79 Å². The van der Waals surface area contributed by atoms with Crippen LogP contribution in [0.15, 0.2) is 24.3 Å². The van der Waals surface area contributed by atoms with Crippen LogP contribution in [0.2, 0.25) is 0 Å². The molecule has 0 aliphatic rings. The van der Waals surface area contributed by atoms with Crippen molar-refractivity contribution in [3.63, 3.8) is 0 Å². The summed E-state index contributed by atoms with van der Waals surface area (Å²) in [7, 11) is 1.62. The first-order chi connectivity index (χ1) is 10.4. The van der Waals surface area contributed by atoms with E-state index in [0.717, 1.165) is 5.75 Å². The summed E-state index contributed by atoms with van der Waals surface area (Å²) in [6.07, 6.45) is 5.02. The van der Waals surface area contributed by atoms with Crippen LogP contribution in [0.1, 0.15) is 73.3 Å². The minimum absolute atomic E-state index is 0.315. The van der Waals surface area contributed by atoms with Gasteiger partial charge >= 0.3 is 0 Å². The summed E-state index contributed by atoms with van der Waals surface area (Å²) in [5.74, 6) is 0.871. The van der Waals surface area contributed by atoms with Crippen molar-refractivity contribution < 1.29 is 9.47 Å². The minimum Gasteiger partial charge on any atom is -0.468 e. The molecule has 0 radical (unpaired) electrons. The summed E-state index contributed by atoms with van der Waals surface area (Å²) in [6, 6.07) is 8.25. The van der Waals surface area contributed by atoms with Crippen LogP contribution in [0.3, 0.4) is 0 Å². The maximum Gasteiger partial charge on any atom is 0.188 e. The topological polar surface area (TPSA) is 18.5 Å².